The number of amides is 1. The predicted molar refractivity (Wildman–Crippen MR) is 64.1 cm³/mol. The molecule has 0 saturated carbocycles. The van der Waals surface area contributed by atoms with Gasteiger partial charge in [-0.15, -0.1) is 10.2 Å². The maximum atomic E-state index is 12.0. The number of carbonyl (C=O) groups excluding carboxylic acids is 1. The molecule has 7 heteroatoms. The second-order valence-corrected chi connectivity index (χ2v) is 4.22. The Labute approximate surface area is 109 Å². The first-order chi connectivity index (χ1) is 8.56. The molecule has 18 heavy (non-hydrogen) atoms. The number of rotatable bonds is 3. The SMILES string of the molecule is Cc1cc(CN(C)C(=O)c2ccc(Cl)nn2)no1. The van der Waals surface area contributed by atoms with E-state index in [1.54, 1.807) is 20.0 Å². The first-order valence-electron chi connectivity index (χ1n) is 5.23. The van der Waals surface area contributed by atoms with Crippen molar-refractivity contribution in [2.45, 2.75) is 13.5 Å². The molecule has 2 aromatic rings. The van der Waals surface area contributed by atoms with Crippen LogP contribution in [-0.4, -0.2) is 33.2 Å². The third-order valence-corrected chi connectivity index (χ3v) is 2.48. The zero-order valence-corrected chi connectivity index (χ0v) is 10.7. The van der Waals surface area contributed by atoms with Crippen molar-refractivity contribution in [3.8, 4) is 0 Å². The van der Waals surface area contributed by atoms with Crippen molar-refractivity contribution < 1.29 is 9.32 Å². The molecule has 0 saturated heterocycles. The summed E-state index contributed by atoms with van der Waals surface area (Å²) >= 11 is 5.61. The van der Waals surface area contributed by atoms with E-state index >= 15 is 0 Å². The fraction of sp³-hybridized carbons (Fsp3) is 0.273. The minimum Gasteiger partial charge on any atom is -0.361 e. The molecule has 0 aliphatic carbocycles. The highest BCUT2D eigenvalue weighted by Gasteiger charge is 2.15. The second kappa shape index (κ2) is 5.14. The molecular formula is C11H11ClN4O2. The van der Waals surface area contributed by atoms with Crippen molar-refractivity contribution in [3.63, 3.8) is 0 Å². The molecule has 2 rings (SSSR count). The Morgan fingerprint density at radius 2 is 2.22 bits per heavy atom. The largest absolute Gasteiger partial charge is 0.361 e. The number of hydrogen-bond acceptors (Lipinski definition) is 5. The van der Waals surface area contributed by atoms with Gasteiger partial charge < -0.3 is 9.42 Å². The molecule has 2 heterocycles. The average Bonchev–Trinajstić information content (AvgIpc) is 2.75. The van der Waals surface area contributed by atoms with Crippen LogP contribution in [0.15, 0.2) is 22.7 Å². The predicted octanol–water partition coefficient (Wildman–Crippen LogP) is 1.70. The summed E-state index contributed by atoms with van der Waals surface area (Å²) in [6.45, 7) is 2.14. The zero-order chi connectivity index (χ0) is 13.1. The summed E-state index contributed by atoms with van der Waals surface area (Å²) in [7, 11) is 1.66. The number of carbonyl (C=O) groups is 1. The van der Waals surface area contributed by atoms with Crippen molar-refractivity contribution >= 4 is 17.5 Å². The lowest BCUT2D eigenvalue weighted by Gasteiger charge is -2.14. The van der Waals surface area contributed by atoms with E-state index in [2.05, 4.69) is 15.4 Å². The number of aromatic nitrogens is 3. The van der Waals surface area contributed by atoms with Crippen LogP contribution in [0.1, 0.15) is 21.9 Å². The van der Waals surface area contributed by atoms with Crippen LogP contribution in [0.3, 0.4) is 0 Å². The summed E-state index contributed by atoms with van der Waals surface area (Å²) in [5.41, 5.74) is 0.924. The number of halogens is 1. The van der Waals surface area contributed by atoms with Gasteiger partial charge in [-0.25, -0.2) is 0 Å². The Bertz CT molecular complexity index is 552. The van der Waals surface area contributed by atoms with E-state index in [4.69, 9.17) is 16.1 Å². The zero-order valence-electron chi connectivity index (χ0n) is 9.92. The molecule has 0 bridgehead atoms. The highest BCUT2D eigenvalue weighted by Crippen LogP contribution is 2.08. The Morgan fingerprint density at radius 3 is 2.78 bits per heavy atom. The molecule has 6 nitrogen and oxygen atoms in total. The van der Waals surface area contributed by atoms with E-state index in [1.807, 2.05) is 0 Å². The lowest BCUT2D eigenvalue weighted by atomic mass is 10.3. The molecule has 0 aliphatic rings. The van der Waals surface area contributed by atoms with Crippen LogP contribution in [0.25, 0.3) is 0 Å². The van der Waals surface area contributed by atoms with Gasteiger partial charge in [-0.1, -0.05) is 16.8 Å². The summed E-state index contributed by atoms with van der Waals surface area (Å²) in [6, 6.07) is 4.83. The molecule has 94 valence electrons. The summed E-state index contributed by atoms with van der Waals surface area (Å²) in [6.07, 6.45) is 0. The van der Waals surface area contributed by atoms with Crippen molar-refractivity contribution in [1.29, 1.82) is 0 Å². The summed E-state index contributed by atoms with van der Waals surface area (Å²) < 4.78 is 4.93. The van der Waals surface area contributed by atoms with Gasteiger partial charge in [-0.05, 0) is 19.1 Å². The van der Waals surface area contributed by atoms with Crippen molar-refractivity contribution in [3.05, 3.63) is 40.5 Å². The van der Waals surface area contributed by atoms with Gasteiger partial charge in [0.05, 0.1) is 6.54 Å². The van der Waals surface area contributed by atoms with Crippen LogP contribution in [-0.2, 0) is 6.54 Å². The minimum absolute atomic E-state index is 0.238. The number of aryl methyl sites for hydroxylation is 1. The van der Waals surface area contributed by atoms with Crippen molar-refractivity contribution in [1.82, 2.24) is 20.3 Å². The third kappa shape index (κ3) is 2.84. The normalized spacial score (nSPS) is 10.4. The smallest absolute Gasteiger partial charge is 0.274 e. The van der Waals surface area contributed by atoms with E-state index in [0.717, 1.165) is 0 Å². The maximum absolute atomic E-state index is 12.0. The highest BCUT2D eigenvalue weighted by molar-refractivity contribution is 6.29. The molecule has 0 radical (unpaired) electrons. The van der Waals surface area contributed by atoms with Crippen LogP contribution in [0.2, 0.25) is 5.15 Å². The van der Waals surface area contributed by atoms with E-state index in [1.165, 1.54) is 17.0 Å². The molecule has 0 aliphatic heterocycles. The minimum atomic E-state index is -0.250. The lowest BCUT2D eigenvalue weighted by molar-refractivity contribution is 0.0775. The van der Waals surface area contributed by atoms with Gasteiger partial charge in [0.2, 0.25) is 0 Å². The quantitative estimate of drug-likeness (QED) is 0.845. The Hall–Kier alpha value is -1.95. The molecule has 0 unspecified atom stereocenters. The number of hydrogen-bond donors (Lipinski definition) is 0. The summed E-state index contributed by atoms with van der Waals surface area (Å²) in [4.78, 5) is 13.5. The first kappa shape index (κ1) is 12.5. The molecule has 0 fully saturated rings. The monoisotopic (exact) mass is 266 g/mol. The van der Waals surface area contributed by atoms with E-state index in [0.29, 0.717) is 18.0 Å². The second-order valence-electron chi connectivity index (χ2n) is 3.83. The lowest BCUT2D eigenvalue weighted by Crippen LogP contribution is -2.27. The van der Waals surface area contributed by atoms with Crippen LogP contribution in [0.5, 0.6) is 0 Å². The van der Waals surface area contributed by atoms with Crippen LogP contribution in [0, 0.1) is 6.92 Å². The van der Waals surface area contributed by atoms with E-state index < -0.39 is 0 Å². The van der Waals surface area contributed by atoms with Crippen LogP contribution < -0.4 is 0 Å². The van der Waals surface area contributed by atoms with Crippen LogP contribution >= 0.6 is 11.6 Å². The first-order valence-corrected chi connectivity index (χ1v) is 5.61. The molecule has 0 aromatic carbocycles. The molecule has 0 N–H and O–H groups in total. The standard InChI is InChI=1S/C11H11ClN4O2/c1-7-5-8(15-18-7)6-16(2)11(17)9-3-4-10(12)14-13-9/h3-5H,6H2,1-2H3. The summed E-state index contributed by atoms with van der Waals surface area (Å²) in [5, 5.41) is 11.4. The fourth-order valence-corrected chi connectivity index (χ4v) is 1.53. The Kier molecular flexibility index (Phi) is 3.57. The average molecular weight is 267 g/mol. The summed E-state index contributed by atoms with van der Waals surface area (Å²) in [5.74, 6) is 0.456. The van der Waals surface area contributed by atoms with Gasteiger partial charge in [0.1, 0.15) is 11.5 Å². The van der Waals surface area contributed by atoms with E-state index in [-0.39, 0.29) is 16.8 Å². The molecule has 0 spiro atoms. The molecular weight excluding hydrogens is 256 g/mol. The molecule has 0 atom stereocenters. The highest BCUT2D eigenvalue weighted by atomic mass is 35.5. The van der Waals surface area contributed by atoms with Gasteiger partial charge >= 0.3 is 0 Å². The van der Waals surface area contributed by atoms with Gasteiger partial charge in [0.15, 0.2) is 10.8 Å². The fourth-order valence-electron chi connectivity index (χ4n) is 1.43. The molecule has 1 amide bonds. The van der Waals surface area contributed by atoms with Gasteiger partial charge in [0, 0.05) is 13.1 Å². The van der Waals surface area contributed by atoms with E-state index in [9.17, 15) is 4.79 Å². The third-order valence-electron chi connectivity index (χ3n) is 2.27. The van der Waals surface area contributed by atoms with Gasteiger partial charge in [-0.3, -0.25) is 4.79 Å². The number of nitrogens with zero attached hydrogens (tertiary/aromatic N) is 4. The Morgan fingerprint density at radius 1 is 1.44 bits per heavy atom. The maximum Gasteiger partial charge on any atom is 0.274 e. The van der Waals surface area contributed by atoms with Gasteiger partial charge in [-0.2, -0.15) is 0 Å². The van der Waals surface area contributed by atoms with Crippen molar-refractivity contribution in [2.24, 2.45) is 0 Å². The Balaban J connectivity index is 2.07. The van der Waals surface area contributed by atoms with Crippen molar-refractivity contribution in [2.75, 3.05) is 7.05 Å². The topological polar surface area (TPSA) is 72.1 Å². The van der Waals surface area contributed by atoms with Gasteiger partial charge in [0.25, 0.3) is 5.91 Å². The van der Waals surface area contributed by atoms with Crippen LogP contribution in [0.4, 0.5) is 0 Å². The molecule has 2 aromatic heterocycles.